The Hall–Kier alpha value is -3.08. The zero-order valence-electron chi connectivity index (χ0n) is 17.8. The van der Waals surface area contributed by atoms with E-state index in [4.69, 9.17) is 15.2 Å². The number of hydrogen-bond acceptors (Lipinski definition) is 8. The molecule has 2 aromatic carbocycles. The van der Waals surface area contributed by atoms with E-state index in [0.29, 0.717) is 16.7 Å². The second kappa shape index (κ2) is 8.81. The number of carbonyl (C=O) groups is 1. The summed E-state index contributed by atoms with van der Waals surface area (Å²) in [5.41, 5.74) is 6.73. The van der Waals surface area contributed by atoms with Crippen LogP contribution >= 0.6 is 0 Å². The molecular weight excluding hydrogens is 432 g/mol. The highest BCUT2D eigenvalue weighted by Crippen LogP contribution is 2.22. The molecule has 0 bridgehead atoms. The SMILES string of the molecule is CC1CN(S(=O)(=O)c2cccc(C(=O)OCc3nc(N)c4ccccc4n3)c2)CC(C)O1. The minimum atomic E-state index is -3.78. The van der Waals surface area contributed by atoms with Crippen LogP contribution in [0.4, 0.5) is 5.82 Å². The standard InChI is InChI=1S/C22H24N4O5S/c1-14-11-26(12-15(2)31-14)32(28,29)17-7-5-6-16(10-17)22(27)30-13-20-24-19-9-4-3-8-18(19)21(23)25-20/h3-10,14-15H,11-13H2,1-2H3,(H2,23,24,25). The van der Waals surface area contributed by atoms with Crippen LogP contribution in [-0.4, -0.2) is 54.0 Å². The fraction of sp³-hybridized carbons (Fsp3) is 0.318. The van der Waals surface area contributed by atoms with Gasteiger partial charge in [0, 0.05) is 18.5 Å². The molecule has 1 fully saturated rings. The van der Waals surface area contributed by atoms with Crippen molar-refractivity contribution in [3.8, 4) is 0 Å². The van der Waals surface area contributed by atoms with Crippen LogP contribution in [-0.2, 0) is 26.1 Å². The predicted octanol–water partition coefficient (Wildman–Crippen LogP) is 2.37. The second-order valence-electron chi connectivity index (χ2n) is 7.73. The van der Waals surface area contributed by atoms with Crippen molar-refractivity contribution in [1.29, 1.82) is 0 Å². The molecule has 1 saturated heterocycles. The summed E-state index contributed by atoms with van der Waals surface area (Å²) in [5, 5.41) is 0.715. The lowest BCUT2D eigenvalue weighted by Gasteiger charge is -2.34. The average molecular weight is 457 g/mol. The zero-order chi connectivity index (χ0) is 22.9. The molecule has 0 aliphatic carbocycles. The largest absolute Gasteiger partial charge is 0.454 e. The number of nitrogen functional groups attached to an aromatic ring is 1. The van der Waals surface area contributed by atoms with Crippen molar-refractivity contribution in [3.63, 3.8) is 0 Å². The van der Waals surface area contributed by atoms with Crippen molar-refractivity contribution in [2.45, 2.75) is 37.6 Å². The minimum Gasteiger partial charge on any atom is -0.454 e. The number of nitrogens with two attached hydrogens (primary N) is 1. The first-order valence-electron chi connectivity index (χ1n) is 10.2. The van der Waals surface area contributed by atoms with Crippen molar-refractivity contribution < 1.29 is 22.7 Å². The van der Waals surface area contributed by atoms with Gasteiger partial charge in [0.15, 0.2) is 12.4 Å². The van der Waals surface area contributed by atoms with Crippen LogP contribution in [0.1, 0.15) is 30.0 Å². The van der Waals surface area contributed by atoms with Crippen LogP contribution in [0.3, 0.4) is 0 Å². The lowest BCUT2D eigenvalue weighted by Crippen LogP contribution is -2.48. The number of ether oxygens (including phenoxy) is 2. The zero-order valence-corrected chi connectivity index (χ0v) is 18.6. The number of esters is 1. The highest BCUT2D eigenvalue weighted by Gasteiger charge is 2.32. The van der Waals surface area contributed by atoms with Gasteiger partial charge in [-0.3, -0.25) is 0 Å². The molecule has 0 spiro atoms. The number of carbonyl (C=O) groups excluding carboxylic acids is 1. The molecule has 4 rings (SSSR count). The summed E-state index contributed by atoms with van der Waals surface area (Å²) in [5.74, 6) is -0.126. The number of nitrogens with zero attached hydrogens (tertiary/aromatic N) is 3. The summed E-state index contributed by atoms with van der Waals surface area (Å²) in [4.78, 5) is 21.1. The Kier molecular flexibility index (Phi) is 6.09. The predicted molar refractivity (Wildman–Crippen MR) is 118 cm³/mol. The first-order chi connectivity index (χ1) is 15.2. The number of rotatable bonds is 5. The number of benzene rings is 2. The third-order valence-electron chi connectivity index (χ3n) is 5.11. The number of aromatic nitrogens is 2. The van der Waals surface area contributed by atoms with Gasteiger partial charge in [-0.1, -0.05) is 18.2 Å². The Balaban J connectivity index is 1.50. The van der Waals surface area contributed by atoms with Gasteiger partial charge in [-0.2, -0.15) is 4.31 Å². The first kappa shape index (κ1) is 22.1. The van der Waals surface area contributed by atoms with E-state index < -0.39 is 16.0 Å². The molecular formula is C22H24N4O5S. The van der Waals surface area contributed by atoms with Crippen molar-refractivity contribution in [1.82, 2.24) is 14.3 Å². The molecule has 32 heavy (non-hydrogen) atoms. The van der Waals surface area contributed by atoms with E-state index in [1.807, 2.05) is 32.0 Å². The molecule has 9 nitrogen and oxygen atoms in total. The molecule has 10 heteroatoms. The average Bonchev–Trinajstić information content (AvgIpc) is 2.77. The van der Waals surface area contributed by atoms with Gasteiger partial charge in [0.2, 0.25) is 10.0 Å². The number of morpholine rings is 1. The van der Waals surface area contributed by atoms with E-state index in [-0.39, 0.29) is 48.2 Å². The Labute approximate surface area is 186 Å². The molecule has 0 amide bonds. The number of fused-ring (bicyclic) bond motifs is 1. The lowest BCUT2D eigenvalue weighted by molar-refractivity contribution is -0.0440. The van der Waals surface area contributed by atoms with Crippen molar-refractivity contribution in [2.75, 3.05) is 18.8 Å². The summed E-state index contributed by atoms with van der Waals surface area (Å²) in [6.07, 6.45) is -0.424. The molecule has 1 aliphatic rings. The van der Waals surface area contributed by atoms with Crippen molar-refractivity contribution >= 4 is 32.7 Å². The van der Waals surface area contributed by atoms with Gasteiger partial charge in [0.1, 0.15) is 5.82 Å². The summed E-state index contributed by atoms with van der Waals surface area (Å²) < 4.78 is 38.5. The maximum absolute atomic E-state index is 13.1. The Bertz CT molecular complexity index is 1250. The molecule has 2 heterocycles. The molecule has 2 N–H and O–H groups in total. The lowest BCUT2D eigenvalue weighted by atomic mass is 10.2. The summed E-state index contributed by atoms with van der Waals surface area (Å²) in [6.45, 7) is 3.97. The first-order valence-corrected chi connectivity index (χ1v) is 11.6. The number of para-hydroxylation sites is 1. The van der Waals surface area contributed by atoms with Gasteiger partial charge < -0.3 is 15.2 Å². The second-order valence-corrected chi connectivity index (χ2v) is 9.66. The monoisotopic (exact) mass is 456 g/mol. The van der Waals surface area contributed by atoms with Gasteiger partial charge >= 0.3 is 5.97 Å². The molecule has 0 radical (unpaired) electrons. The Morgan fingerprint density at radius 2 is 1.84 bits per heavy atom. The van der Waals surface area contributed by atoms with E-state index in [1.165, 1.54) is 28.6 Å². The van der Waals surface area contributed by atoms with E-state index in [2.05, 4.69) is 9.97 Å². The summed E-state index contributed by atoms with van der Waals surface area (Å²) in [6, 6.07) is 13.1. The van der Waals surface area contributed by atoms with Gasteiger partial charge in [-0.05, 0) is 44.2 Å². The maximum Gasteiger partial charge on any atom is 0.338 e. The van der Waals surface area contributed by atoms with Crippen molar-refractivity contribution in [2.24, 2.45) is 0 Å². The van der Waals surface area contributed by atoms with E-state index in [0.717, 1.165) is 0 Å². The van der Waals surface area contributed by atoms with Crippen LogP contribution in [0.2, 0.25) is 0 Å². The van der Waals surface area contributed by atoms with Gasteiger partial charge in [-0.15, -0.1) is 0 Å². The van der Waals surface area contributed by atoms with Crippen molar-refractivity contribution in [3.05, 3.63) is 59.9 Å². The quantitative estimate of drug-likeness (QED) is 0.580. The summed E-state index contributed by atoms with van der Waals surface area (Å²) >= 11 is 0. The molecule has 1 aliphatic heterocycles. The normalized spacial score (nSPS) is 19.7. The fourth-order valence-electron chi connectivity index (χ4n) is 3.69. The molecule has 3 aromatic rings. The Morgan fingerprint density at radius 3 is 2.59 bits per heavy atom. The van der Waals surface area contributed by atoms with E-state index in [9.17, 15) is 13.2 Å². The molecule has 0 saturated carbocycles. The fourth-order valence-corrected chi connectivity index (χ4v) is 5.33. The van der Waals surface area contributed by atoms with E-state index >= 15 is 0 Å². The van der Waals surface area contributed by atoms with Gasteiger partial charge in [0.05, 0.1) is 28.2 Å². The maximum atomic E-state index is 13.1. The van der Waals surface area contributed by atoms with Crippen LogP contribution < -0.4 is 5.73 Å². The number of anilines is 1. The minimum absolute atomic E-state index is 0.0273. The molecule has 1 aromatic heterocycles. The number of hydrogen-bond donors (Lipinski definition) is 1. The van der Waals surface area contributed by atoms with Crippen LogP contribution in [0, 0.1) is 0 Å². The summed E-state index contributed by atoms with van der Waals surface area (Å²) in [7, 11) is -3.78. The van der Waals surface area contributed by atoms with Gasteiger partial charge in [-0.25, -0.2) is 23.2 Å². The molecule has 2 unspecified atom stereocenters. The van der Waals surface area contributed by atoms with Crippen LogP contribution in [0.25, 0.3) is 10.9 Å². The van der Waals surface area contributed by atoms with Crippen LogP contribution in [0.15, 0.2) is 53.4 Å². The molecule has 168 valence electrons. The van der Waals surface area contributed by atoms with E-state index in [1.54, 1.807) is 6.07 Å². The highest BCUT2D eigenvalue weighted by molar-refractivity contribution is 7.89. The third kappa shape index (κ3) is 4.57. The van der Waals surface area contributed by atoms with Crippen LogP contribution in [0.5, 0.6) is 0 Å². The third-order valence-corrected chi connectivity index (χ3v) is 6.93. The van der Waals surface area contributed by atoms with Gasteiger partial charge in [0.25, 0.3) is 0 Å². The Morgan fingerprint density at radius 1 is 1.12 bits per heavy atom. The highest BCUT2D eigenvalue weighted by atomic mass is 32.2. The number of sulfonamides is 1. The smallest absolute Gasteiger partial charge is 0.338 e. The molecule has 2 atom stereocenters. The topological polar surface area (TPSA) is 125 Å².